The van der Waals surface area contributed by atoms with E-state index in [4.69, 9.17) is 9.47 Å². The summed E-state index contributed by atoms with van der Waals surface area (Å²) >= 11 is 0. The SMILES string of the molecule is CCOC(=O)/C(CNc1ccc2c(c1)c1ccccc1n2CC)=C(/Nc1ccc2c(c1)c1ccccc1n2CC)C(=O)OCC. The van der Waals surface area contributed by atoms with Crippen molar-refractivity contribution in [2.75, 3.05) is 30.4 Å². The lowest BCUT2D eigenvalue weighted by atomic mass is 10.1. The summed E-state index contributed by atoms with van der Waals surface area (Å²) in [6, 6.07) is 28.7. The molecule has 0 saturated carbocycles. The standard InChI is InChI=1S/C37H38N4O4/c1-5-40-31-15-11-9-13-26(31)28-21-24(17-19-33(28)40)38-23-30(36(42)44-7-3)35(37(43)45-8-4)39-25-18-20-34-29(22-25)27-14-10-12-16-32(27)41(34)6-2/h9-22,38-39H,5-8,23H2,1-4H3/b35-30+. The zero-order valence-corrected chi connectivity index (χ0v) is 26.1. The number of anilines is 2. The van der Waals surface area contributed by atoms with Crippen LogP contribution >= 0.6 is 0 Å². The van der Waals surface area contributed by atoms with Crippen molar-refractivity contribution in [1.82, 2.24) is 9.13 Å². The highest BCUT2D eigenvalue weighted by Crippen LogP contribution is 2.33. The Hall–Kier alpha value is -5.24. The summed E-state index contributed by atoms with van der Waals surface area (Å²) in [7, 11) is 0. The van der Waals surface area contributed by atoms with Gasteiger partial charge >= 0.3 is 11.9 Å². The largest absolute Gasteiger partial charge is 0.463 e. The van der Waals surface area contributed by atoms with Crippen molar-refractivity contribution >= 4 is 66.9 Å². The van der Waals surface area contributed by atoms with Crippen LogP contribution in [0, 0.1) is 0 Å². The number of aromatic nitrogens is 2. The van der Waals surface area contributed by atoms with Gasteiger partial charge in [0.25, 0.3) is 0 Å². The molecular weight excluding hydrogens is 564 g/mol. The van der Waals surface area contributed by atoms with Gasteiger partial charge in [-0.2, -0.15) is 0 Å². The van der Waals surface area contributed by atoms with Crippen LogP contribution in [0.1, 0.15) is 27.7 Å². The minimum Gasteiger partial charge on any atom is -0.463 e. The highest BCUT2D eigenvalue weighted by molar-refractivity contribution is 6.11. The molecule has 0 amide bonds. The van der Waals surface area contributed by atoms with Crippen LogP contribution in [-0.4, -0.2) is 40.8 Å². The van der Waals surface area contributed by atoms with Crippen LogP contribution in [0.5, 0.6) is 0 Å². The molecule has 230 valence electrons. The molecule has 0 radical (unpaired) electrons. The molecule has 4 aromatic carbocycles. The third kappa shape index (κ3) is 5.48. The van der Waals surface area contributed by atoms with Gasteiger partial charge in [-0.1, -0.05) is 36.4 Å². The lowest BCUT2D eigenvalue weighted by Crippen LogP contribution is -2.25. The van der Waals surface area contributed by atoms with Crippen LogP contribution in [0.4, 0.5) is 11.4 Å². The minimum atomic E-state index is -0.625. The van der Waals surface area contributed by atoms with Gasteiger partial charge in [0.2, 0.25) is 0 Å². The highest BCUT2D eigenvalue weighted by Gasteiger charge is 2.24. The zero-order chi connectivity index (χ0) is 31.5. The highest BCUT2D eigenvalue weighted by atomic mass is 16.5. The number of nitrogens with one attached hydrogen (secondary N) is 2. The maximum Gasteiger partial charge on any atom is 0.355 e. The second-order valence-corrected chi connectivity index (χ2v) is 10.8. The fourth-order valence-electron chi connectivity index (χ4n) is 6.25. The fraction of sp³-hybridized carbons (Fsp3) is 0.243. The number of hydrogen-bond acceptors (Lipinski definition) is 6. The van der Waals surface area contributed by atoms with Crippen LogP contribution < -0.4 is 10.6 Å². The predicted molar refractivity (Wildman–Crippen MR) is 183 cm³/mol. The molecule has 8 heteroatoms. The van der Waals surface area contributed by atoms with E-state index in [2.05, 4.69) is 70.0 Å². The Labute approximate surface area is 262 Å². The number of ether oxygens (including phenoxy) is 2. The van der Waals surface area contributed by atoms with Gasteiger partial charge < -0.3 is 29.2 Å². The molecule has 0 bridgehead atoms. The number of nitrogens with zero attached hydrogens (tertiary/aromatic N) is 2. The monoisotopic (exact) mass is 602 g/mol. The van der Waals surface area contributed by atoms with Crippen molar-refractivity contribution < 1.29 is 19.1 Å². The molecule has 8 nitrogen and oxygen atoms in total. The van der Waals surface area contributed by atoms with Gasteiger partial charge in [0.15, 0.2) is 0 Å². The Morgan fingerprint density at radius 2 is 1.09 bits per heavy atom. The molecule has 0 aliphatic heterocycles. The number of rotatable bonds is 11. The first-order chi connectivity index (χ1) is 22.0. The van der Waals surface area contributed by atoms with Crippen molar-refractivity contribution in [3.63, 3.8) is 0 Å². The first kappa shape index (κ1) is 29.8. The summed E-state index contributed by atoms with van der Waals surface area (Å²) in [5.74, 6) is -1.22. The van der Waals surface area contributed by atoms with Crippen molar-refractivity contribution in [1.29, 1.82) is 0 Å². The molecule has 0 spiro atoms. The smallest absolute Gasteiger partial charge is 0.355 e. The molecule has 2 aromatic heterocycles. The number of esters is 2. The summed E-state index contributed by atoms with van der Waals surface area (Å²) in [6.45, 7) is 9.81. The van der Waals surface area contributed by atoms with Gasteiger partial charge in [-0.3, -0.25) is 0 Å². The van der Waals surface area contributed by atoms with E-state index in [1.54, 1.807) is 13.8 Å². The predicted octanol–water partition coefficient (Wildman–Crippen LogP) is 7.85. The third-order valence-corrected chi connectivity index (χ3v) is 8.22. The molecule has 0 unspecified atom stereocenters. The number of fused-ring (bicyclic) bond motifs is 6. The Kier molecular flexibility index (Phi) is 8.47. The van der Waals surface area contributed by atoms with Crippen LogP contribution in [0.3, 0.4) is 0 Å². The van der Waals surface area contributed by atoms with Crippen LogP contribution in [-0.2, 0) is 32.2 Å². The normalized spacial score (nSPS) is 12.1. The molecule has 0 fully saturated rings. The Bertz CT molecular complexity index is 2090. The van der Waals surface area contributed by atoms with E-state index in [1.807, 2.05) is 48.5 Å². The van der Waals surface area contributed by atoms with E-state index in [-0.39, 0.29) is 31.0 Å². The summed E-state index contributed by atoms with van der Waals surface area (Å²) in [5.41, 5.74) is 6.24. The number of carbonyl (C=O) groups is 2. The second kappa shape index (κ2) is 12.8. The topological polar surface area (TPSA) is 86.5 Å². The van der Waals surface area contributed by atoms with E-state index in [0.717, 1.165) is 56.9 Å². The van der Waals surface area contributed by atoms with Gasteiger partial charge in [-0.25, -0.2) is 9.59 Å². The van der Waals surface area contributed by atoms with Gasteiger partial charge in [0, 0.05) is 74.6 Å². The third-order valence-electron chi connectivity index (χ3n) is 8.22. The van der Waals surface area contributed by atoms with E-state index in [9.17, 15) is 9.59 Å². The molecule has 0 saturated heterocycles. The Balaban J connectivity index is 1.40. The molecule has 0 aliphatic rings. The minimum absolute atomic E-state index is 0.0463. The number of benzene rings is 4. The second-order valence-electron chi connectivity index (χ2n) is 10.8. The molecule has 6 aromatic rings. The lowest BCUT2D eigenvalue weighted by molar-refractivity contribution is -0.141. The quantitative estimate of drug-likeness (QED) is 0.116. The van der Waals surface area contributed by atoms with Crippen molar-refractivity contribution in [2.45, 2.75) is 40.8 Å². The first-order valence-electron chi connectivity index (χ1n) is 15.6. The number of hydrogen-bond donors (Lipinski definition) is 2. The van der Waals surface area contributed by atoms with E-state index >= 15 is 0 Å². The molecule has 6 rings (SSSR count). The van der Waals surface area contributed by atoms with E-state index < -0.39 is 11.9 Å². The average molecular weight is 603 g/mol. The summed E-state index contributed by atoms with van der Waals surface area (Å²) in [6.07, 6.45) is 0. The summed E-state index contributed by atoms with van der Waals surface area (Å²) in [4.78, 5) is 26.8. The van der Waals surface area contributed by atoms with E-state index in [1.165, 1.54) is 5.52 Å². The first-order valence-corrected chi connectivity index (χ1v) is 15.6. The molecular formula is C37H38N4O4. The van der Waals surface area contributed by atoms with Gasteiger partial charge in [0.05, 0.1) is 18.8 Å². The molecule has 2 N–H and O–H groups in total. The summed E-state index contributed by atoms with van der Waals surface area (Å²) < 4.78 is 15.4. The van der Waals surface area contributed by atoms with Crippen LogP contribution in [0.25, 0.3) is 43.6 Å². The Morgan fingerprint density at radius 1 is 0.600 bits per heavy atom. The molecule has 0 atom stereocenters. The fourth-order valence-corrected chi connectivity index (χ4v) is 6.25. The average Bonchev–Trinajstić information content (AvgIpc) is 3.56. The maximum absolute atomic E-state index is 13.4. The molecule has 2 heterocycles. The van der Waals surface area contributed by atoms with Crippen molar-refractivity contribution in [3.8, 4) is 0 Å². The van der Waals surface area contributed by atoms with Gasteiger partial charge in [-0.15, -0.1) is 0 Å². The lowest BCUT2D eigenvalue weighted by Gasteiger charge is -2.17. The number of carbonyl (C=O) groups excluding carboxylic acids is 2. The van der Waals surface area contributed by atoms with Crippen molar-refractivity contribution in [3.05, 3.63) is 96.2 Å². The Morgan fingerprint density at radius 3 is 1.64 bits per heavy atom. The van der Waals surface area contributed by atoms with Crippen LogP contribution in [0.2, 0.25) is 0 Å². The zero-order valence-electron chi connectivity index (χ0n) is 26.1. The van der Waals surface area contributed by atoms with Crippen molar-refractivity contribution in [2.24, 2.45) is 0 Å². The van der Waals surface area contributed by atoms with Gasteiger partial charge in [-0.05, 0) is 76.2 Å². The summed E-state index contributed by atoms with van der Waals surface area (Å²) in [5, 5.41) is 11.1. The number of para-hydroxylation sites is 2. The molecule has 45 heavy (non-hydrogen) atoms. The van der Waals surface area contributed by atoms with E-state index in [0.29, 0.717) is 5.69 Å². The maximum atomic E-state index is 13.4. The molecule has 0 aliphatic carbocycles. The van der Waals surface area contributed by atoms with Gasteiger partial charge in [0.1, 0.15) is 5.70 Å². The number of aryl methyl sites for hydroxylation is 2. The van der Waals surface area contributed by atoms with Crippen LogP contribution in [0.15, 0.2) is 96.2 Å².